The second-order valence-electron chi connectivity index (χ2n) is 11.7. The summed E-state index contributed by atoms with van der Waals surface area (Å²) in [5.74, 6) is 4.15. The Hall–Kier alpha value is -0.900. The number of hydrogen-bond donors (Lipinski definition) is 1. The Labute approximate surface area is 176 Å². The van der Waals surface area contributed by atoms with E-state index >= 15 is 0 Å². The van der Waals surface area contributed by atoms with Gasteiger partial charge in [0.25, 0.3) is 0 Å². The number of carbonyl (C=O) groups is 1. The van der Waals surface area contributed by atoms with Gasteiger partial charge in [-0.15, -0.1) is 0 Å². The molecule has 4 heteroatoms. The maximum Gasteiger partial charge on any atom is 0.142 e. The molecule has 162 valence electrons. The fraction of sp³-hybridized carbons (Fsp3) is 0.920. The normalized spacial score (nSPS) is 53.4. The summed E-state index contributed by atoms with van der Waals surface area (Å²) in [4.78, 5) is 18.6. The lowest BCUT2D eigenvalue weighted by Crippen LogP contribution is -2.56. The van der Waals surface area contributed by atoms with Gasteiger partial charge in [-0.1, -0.05) is 25.9 Å². The van der Waals surface area contributed by atoms with E-state index in [-0.39, 0.29) is 17.6 Å². The molecule has 0 radical (unpaired) electrons. The first kappa shape index (κ1) is 20.0. The highest BCUT2D eigenvalue weighted by Gasteiger charge is 2.61. The average Bonchev–Trinajstić information content (AvgIpc) is 3.24. The minimum atomic E-state index is -0.0200. The topological polar surface area (TPSA) is 64.7 Å². The van der Waals surface area contributed by atoms with E-state index in [2.05, 4.69) is 25.9 Å². The van der Waals surface area contributed by atoms with Crippen molar-refractivity contribution in [1.82, 2.24) is 0 Å². The second kappa shape index (κ2) is 7.07. The number of hydrogen-bond acceptors (Lipinski definition) is 4. The zero-order valence-electron chi connectivity index (χ0n) is 18.7. The monoisotopic (exact) mass is 400 g/mol. The maximum absolute atomic E-state index is 12.7. The highest BCUT2D eigenvalue weighted by molar-refractivity contribution is 5.87. The molecular weight excluding hydrogens is 360 g/mol. The van der Waals surface area contributed by atoms with Crippen molar-refractivity contribution in [3.63, 3.8) is 0 Å². The third-order valence-electron chi connectivity index (χ3n) is 10.4. The van der Waals surface area contributed by atoms with E-state index in [9.17, 15) is 4.79 Å². The third kappa shape index (κ3) is 3.03. The Balaban J connectivity index is 1.33. The van der Waals surface area contributed by atoms with Crippen molar-refractivity contribution in [2.45, 2.75) is 104 Å². The smallest absolute Gasteiger partial charge is 0.142 e. The molecule has 5 saturated carbocycles. The number of ketones is 1. The molecule has 0 aliphatic heterocycles. The molecule has 5 aliphatic carbocycles. The van der Waals surface area contributed by atoms with Gasteiger partial charge in [0, 0.05) is 17.9 Å². The molecule has 0 bridgehead atoms. The molecule has 5 aliphatic rings. The minimum Gasteiger partial charge on any atom is -0.391 e. The predicted octanol–water partition coefficient (Wildman–Crippen LogP) is 5.10. The van der Waals surface area contributed by atoms with Gasteiger partial charge in [0.1, 0.15) is 11.9 Å². The van der Waals surface area contributed by atoms with E-state index in [0.717, 1.165) is 62.7 Å². The first-order valence-corrected chi connectivity index (χ1v) is 12.3. The van der Waals surface area contributed by atoms with Crippen molar-refractivity contribution >= 4 is 11.5 Å². The number of fused-ring (bicyclic) bond motifs is 5. The number of oxime groups is 1. The van der Waals surface area contributed by atoms with Crippen molar-refractivity contribution in [3.8, 4) is 0 Å². The van der Waals surface area contributed by atoms with Crippen LogP contribution in [-0.4, -0.2) is 23.6 Å². The first-order valence-electron chi connectivity index (χ1n) is 12.3. The number of carbonyl (C=O) groups excluding carboxylic acids is 1. The van der Waals surface area contributed by atoms with E-state index < -0.39 is 0 Å². The van der Waals surface area contributed by atoms with Crippen LogP contribution in [0.1, 0.15) is 91.4 Å². The van der Waals surface area contributed by atoms with Crippen LogP contribution >= 0.6 is 0 Å². The number of rotatable bonds is 2. The Kier molecular flexibility index (Phi) is 4.88. The summed E-state index contributed by atoms with van der Waals surface area (Å²) >= 11 is 0. The average molecular weight is 401 g/mol. The van der Waals surface area contributed by atoms with Crippen LogP contribution < -0.4 is 5.73 Å². The summed E-state index contributed by atoms with van der Waals surface area (Å²) in [5.41, 5.74) is 7.82. The van der Waals surface area contributed by atoms with Gasteiger partial charge in [0.2, 0.25) is 0 Å². The maximum atomic E-state index is 12.7. The lowest BCUT2D eigenvalue weighted by molar-refractivity contribution is -0.143. The van der Waals surface area contributed by atoms with Crippen molar-refractivity contribution in [2.75, 3.05) is 0 Å². The molecule has 4 nitrogen and oxygen atoms in total. The Morgan fingerprint density at radius 2 is 1.90 bits per heavy atom. The summed E-state index contributed by atoms with van der Waals surface area (Å²) in [6, 6.07) is 0.161. The zero-order chi connectivity index (χ0) is 20.4. The van der Waals surface area contributed by atoms with Crippen LogP contribution in [0.5, 0.6) is 0 Å². The molecule has 0 saturated heterocycles. The van der Waals surface area contributed by atoms with Gasteiger partial charge in [-0.3, -0.25) is 4.79 Å². The molecule has 29 heavy (non-hydrogen) atoms. The predicted molar refractivity (Wildman–Crippen MR) is 115 cm³/mol. The Bertz CT molecular complexity index is 705. The Morgan fingerprint density at radius 1 is 1.07 bits per heavy atom. The van der Waals surface area contributed by atoms with E-state index in [4.69, 9.17) is 10.6 Å². The summed E-state index contributed by atoms with van der Waals surface area (Å²) in [6.45, 7) is 7.34. The zero-order valence-corrected chi connectivity index (χ0v) is 18.7. The van der Waals surface area contributed by atoms with E-state index in [0.29, 0.717) is 23.0 Å². The number of nitrogens with two attached hydrogens (primary N) is 1. The first-order chi connectivity index (χ1) is 13.8. The molecule has 0 aromatic carbocycles. The lowest BCUT2D eigenvalue weighted by Gasteiger charge is -2.61. The Morgan fingerprint density at radius 3 is 2.66 bits per heavy atom. The summed E-state index contributed by atoms with van der Waals surface area (Å²) in [5, 5.41) is 4.63. The summed E-state index contributed by atoms with van der Waals surface area (Å²) in [7, 11) is 0. The molecule has 0 aromatic heterocycles. The van der Waals surface area contributed by atoms with Gasteiger partial charge >= 0.3 is 0 Å². The standard InChI is InChI=1S/C25H40N2O2/c1-15-13-16-14-17(27-29-21-6-4-5-20(21)26)9-11-24(16,2)19-10-12-25(3)18(23(15)19)7-8-22(25)28/h15-16,18-21,23H,4-14,26H2,1-3H3/t15?,16?,18-,19-,20?,21?,23-,24-,25-/m0/s1. The van der Waals surface area contributed by atoms with E-state index in [1.807, 2.05) is 0 Å². The molecule has 0 heterocycles. The third-order valence-corrected chi connectivity index (χ3v) is 10.4. The lowest BCUT2D eigenvalue weighted by atomic mass is 9.43. The van der Waals surface area contributed by atoms with Crippen LogP contribution in [0, 0.1) is 40.4 Å². The second-order valence-corrected chi connectivity index (χ2v) is 11.7. The molecule has 2 N–H and O–H groups in total. The number of nitrogens with zero attached hydrogens (tertiary/aromatic N) is 1. The van der Waals surface area contributed by atoms with Crippen molar-refractivity contribution < 1.29 is 9.63 Å². The van der Waals surface area contributed by atoms with Crippen LogP contribution in [0.25, 0.3) is 0 Å². The van der Waals surface area contributed by atoms with Crippen molar-refractivity contribution in [2.24, 2.45) is 51.3 Å². The molecular formula is C25H40N2O2. The van der Waals surface area contributed by atoms with Crippen molar-refractivity contribution in [1.29, 1.82) is 0 Å². The van der Waals surface area contributed by atoms with Gasteiger partial charge in [-0.25, -0.2) is 0 Å². The van der Waals surface area contributed by atoms with E-state index in [1.54, 1.807) is 0 Å². The summed E-state index contributed by atoms with van der Waals surface area (Å²) in [6.07, 6.45) is 12.5. The fourth-order valence-corrected chi connectivity index (χ4v) is 8.53. The molecule has 5 fully saturated rings. The molecule has 0 spiro atoms. The fourth-order valence-electron chi connectivity index (χ4n) is 8.53. The van der Waals surface area contributed by atoms with Gasteiger partial charge in [0.15, 0.2) is 0 Å². The molecule has 0 amide bonds. The van der Waals surface area contributed by atoms with Gasteiger partial charge in [0.05, 0.1) is 5.71 Å². The molecule has 4 unspecified atom stereocenters. The van der Waals surface area contributed by atoms with Crippen molar-refractivity contribution in [3.05, 3.63) is 0 Å². The molecule has 9 atom stereocenters. The summed E-state index contributed by atoms with van der Waals surface area (Å²) < 4.78 is 0. The molecule has 0 aromatic rings. The van der Waals surface area contributed by atoms with E-state index in [1.165, 1.54) is 31.4 Å². The van der Waals surface area contributed by atoms with Gasteiger partial charge in [-0.05, 0) is 99.2 Å². The highest BCUT2D eigenvalue weighted by Crippen LogP contribution is 2.66. The van der Waals surface area contributed by atoms with Gasteiger partial charge < -0.3 is 10.6 Å². The van der Waals surface area contributed by atoms with Crippen LogP contribution in [0.15, 0.2) is 5.16 Å². The quantitative estimate of drug-likeness (QED) is 0.656. The number of Topliss-reactive ketones (excluding diaryl/α,β-unsaturated/α-hetero) is 1. The molecule has 5 rings (SSSR count). The van der Waals surface area contributed by atoms with Crippen LogP contribution in [-0.2, 0) is 9.63 Å². The van der Waals surface area contributed by atoms with Crippen LogP contribution in [0.4, 0.5) is 0 Å². The largest absolute Gasteiger partial charge is 0.391 e. The SMILES string of the molecule is CC1CC2CC(=NOC3CCCC3N)CC[C@]2(C)[C@H]2CC[C@]3(C)C(=O)CC[C@H]3[C@H]12. The van der Waals surface area contributed by atoms with Crippen LogP contribution in [0.2, 0.25) is 0 Å². The minimum absolute atomic E-state index is 0.0200. The highest BCUT2D eigenvalue weighted by atomic mass is 16.6. The van der Waals surface area contributed by atoms with Crippen LogP contribution in [0.3, 0.4) is 0 Å². The van der Waals surface area contributed by atoms with Gasteiger partial charge in [-0.2, -0.15) is 0 Å².